The first-order chi connectivity index (χ1) is 14.1. The molecule has 1 heterocycles. The third kappa shape index (κ3) is 2.41. The monoisotopic (exact) mass is 422 g/mol. The van der Waals surface area contributed by atoms with E-state index in [1.54, 1.807) is 0 Å². The normalized spacial score (nSPS) is 55.3. The van der Waals surface area contributed by atoms with Gasteiger partial charge in [0, 0.05) is 29.2 Å². The molecular formula is C23H34O7. The lowest BCUT2D eigenvalue weighted by atomic mass is 9.41. The highest BCUT2D eigenvalue weighted by Gasteiger charge is 2.73. The molecule has 7 nitrogen and oxygen atoms in total. The molecule has 5 N–H and O–H groups in total. The Labute approximate surface area is 176 Å². The van der Waals surface area contributed by atoms with Crippen molar-refractivity contribution < 1.29 is 35.1 Å². The van der Waals surface area contributed by atoms with Crippen LogP contribution >= 0.6 is 0 Å². The van der Waals surface area contributed by atoms with E-state index >= 15 is 0 Å². The van der Waals surface area contributed by atoms with Crippen LogP contribution in [0.25, 0.3) is 0 Å². The van der Waals surface area contributed by atoms with Crippen LogP contribution < -0.4 is 0 Å². The molecule has 4 fully saturated rings. The number of aliphatic hydroxyl groups excluding tert-OH is 3. The van der Waals surface area contributed by atoms with Gasteiger partial charge in [-0.25, -0.2) is 4.79 Å². The van der Waals surface area contributed by atoms with Crippen LogP contribution in [0.3, 0.4) is 0 Å². The number of hydrogen-bond donors (Lipinski definition) is 5. The number of carbonyl (C=O) groups is 1. The first-order valence-electron chi connectivity index (χ1n) is 11.4. The lowest BCUT2D eigenvalue weighted by Crippen LogP contribution is -2.72. The van der Waals surface area contributed by atoms with Gasteiger partial charge in [0.15, 0.2) is 0 Å². The molecule has 1 unspecified atom stereocenters. The van der Waals surface area contributed by atoms with E-state index in [9.17, 15) is 30.3 Å². The molecule has 0 radical (unpaired) electrons. The number of carbonyl (C=O) groups excluding carboxylic acids is 1. The van der Waals surface area contributed by atoms with Crippen molar-refractivity contribution in [1.29, 1.82) is 0 Å². The van der Waals surface area contributed by atoms with Crippen LogP contribution in [-0.4, -0.2) is 68.1 Å². The minimum Gasteiger partial charge on any atom is -0.458 e. The molecule has 4 aliphatic carbocycles. The highest BCUT2D eigenvalue weighted by molar-refractivity contribution is 5.85. The summed E-state index contributed by atoms with van der Waals surface area (Å²) in [6, 6.07) is 0. The molecular weight excluding hydrogens is 388 g/mol. The molecule has 4 saturated carbocycles. The Kier molecular flexibility index (Phi) is 4.54. The van der Waals surface area contributed by atoms with E-state index in [-0.39, 0.29) is 37.4 Å². The maximum Gasteiger partial charge on any atom is 0.331 e. The fourth-order valence-corrected chi connectivity index (χ4v) is 8.59. The van der Waals surface area contributed by atoms with Gasteiger partial charge in [-0.2, -0.15) is 0 Å². The average Bonchev–Trinajstić information content (AvgIpc) is 3.21. The number of fused-ring (bicyclic) bond motifs is 5. The second-order valence-corrected chi connectivity index (χ2v) is 10.9. The Hall–Kier alpha value is -0.990. The van der Waals surface area contributed by atoms with E-state index in [4.69, 9.17) is 4.74 Å². The molecule has 0 saturated heterocycles. The second kappa shape index (κ2) is 6.51. The van der Waals surface area contributed by atoms with Crippen molar-refractivity contribution in [2.75, 3.05) is 13.2 Å². The summed E-state index contributed by atoms with van der Waals surface area (Å²) < 4.78 is 5.13. The first-order valence-corrected chi connectivity index (χ1v) is 11.4. The summed E-state index contributed by atoms with van der Waals surface area (Å²) in [5.74, 6) is -1.07. The fourth-order valence-electron chi connectivity index (χ4n) is 8.59. The van der Waals surface area contributed by atoms with Gasteiger partial charge in [0.1, 0.15) is 6.61 Å². The maximum atomic E-state index is 12.1. The van der Waals surface area contributed by atoms with Gasteiger partial charge in [0.25, 0.3) is 0 Å². The smallest absolute Gasteiger partial charge is 0.331 e. The zero-order valence-electron chi connectivity index (χ0n) is 17.6. The lowest BCUT2D eigenvalue weighted by Gasteiger charge is -2.67. The van der Waals surface area contributed by atoms with Gasteiger partial charge in [-0.3, -0.25) is 0 Å². The molecule has 0 aromatic heterocycles. The average molecular weight is 423 g/mol. The Morgan fingerprint density at radius 1 is 1.10 bits per heavy atom. The molecule has 7 heteroatoms. The number of hydrogen-bond acceptors (Lipinski definition) is 7. The molecule has 5 aliphatic rings. The first kappa shape index (κ1) is 20.9. The van der Waals surface area contributed by atoms with Crippen LogP contribution in [0, 0.1) is 28.6 Å². The SMILES string of the molecule is C[C@]12C[C@@H](O)[C@H]3[C@@H](CC[C@]4(O)C[C@@H](O)CC[C@]34CO)C1(O)CC[C@@H]2C1=CC(=O)OC1. The summed E-state index contributed by atoms with van der Waals surface area (Å²) >= 11 is 0. The number of aliphatic hydroxyl groups is 5. The molecule has 1 aliphatic heterocycles. The largest absolute Gasteiger partial charge is 0.458 e. The summed E-state index contributed by atoms with van der Waals surface area (Å²) in [6.45, 7) is 2.00. The van der Waals surface area contributed by atoms with Crippen molar-refractivity contribution in [3.8, 4) is 0 Å². The summed E-state index contributed by atoms with van der Waals surface area (Å²) in [5.41, 5.74) is -2.91. The predicted octanol–water partition coefficient (Wildman–Crippen LogP) is 0.662. The molecule has 168 valence electrons. The van der Waals surface area contributed by atoms with E-state index in [0.717, 1.165) is 12.0 Å². The number of cyclic esters (lactones) is 1. The van der Waals surface area contributed by atoms with Crippen LogP contribution in [0.15, 0.2) is 11.6 Å². The third-order valence-electron chi connectivity index (χ3n) is 10.0. The quantitative estimate of drug-likeness (QED) is 0.414. The molecule has 0 bridgehead atoms. The molecule has 5 rings (SSSR count). The van der Waals surface area contributed by atoms with E-state index in [1.165, 1.54) is 6.08 Å². The minimum absolute atomic E-state index is 0.0383. The van der Waals surface area contributed by atoms with Gasteiger partial charge in [0.05, 0.1) is 30.0 Å². The second-order valence-electron chi connectivity index (χ2n) is 10.9. The lowest BCUT2D eigenvalue weighted by molar-refractivity contribution is -0.292. The minimum atomic E-state index is -1.24. The molecule has 30 heavy (non-hydrogen) atoms. The Balaban J connectivity index is 1.55. The standard InChI is InChI=1S/C23H34O7/c1-20-10-17(26)19-16(3-6-22(28)9-14(25)2-5-21(19,22)12-24)23(20,29)7-4-15(20)13-8-18(27)30-11-13/h8,14-17,19,24-26,28-29H,2-7,9-12H2,1H3/t14-,15+,16+,17+,19+,20+,21-,22-,23?/m0/s1. The Bertz CT molecular complexity index is 782. The summed E-state index contributed by atoms with van der Waals surface area (Å²) in [4.78, 5) is 11.7. The topological polar surface area (TPSA) is 127 Å². The van der Waals surface area contributed by atoms with Crippen LogP contribution in [0.4, 0.5) is 0 Å². The van der Waals surface area contributed by atoms with E-state index < -0.39 is 40.2 Å². The van der Waals surface area contributed by atoms with Crippen molar-refractivity contribution in [2.45, 2.75) is 81.7 Å². The van der Waals surface area contributed by atoms with Crippen molar-refractivity contribution in [1.82, 2.24) is 0 Å². The van der Waals surface area contributed by atoms with Gasteiger partial charge < -0.3 is 30.3 Å². The van der Waals surface area contributed by atoms with Crippen LogP contribution in [-0.2, 0) is 9.53 Å². The molecule has 0 spiro atoms. The van der Waals surface area contributed by atoms with Gasteiger partial charge in [-0.05, 0) is 62.4 Å². The zero-order valence-corrected chi connectivity index (χ0v) is 17.6. The summed E-state index contributed by atoms with van der Waals surface area (Å²) in [6.07, 6.45) is 3.83. The van der Waals surface area contributed by atoms with Gasteiger partial charge in [-0.15, -0.1) is 0 Å². The van der Waals surface area contributed by atoms with Crippen molar-refractivity contribution in [3.05, 3.63) is 11.6 Å². The van der Waals surface area contributed by atoms with Crippen LogP contribution in [0.2, 0.25) is 0 Å². The Morgan fingerprint density at radius 2 is 1.87 bits per heavy atom. The molecule has 0 amide bonds. The molecule has 9 atom stereocenters. The fraction of sp³-hybridized carbons (Fsp3) is 0.870. The number of ether oxygens (including phenoxy) is 1. The predicted molar refractivity (Wildman–Crippen MR) is 106 cm³/mol. The molecule has 0 aromatic carbocycles. The third-order valence-corrected chi connectivity index (χ3v) is 10.0. The van der Waals surface area contributed by atoms with E-state index in [0.29, 0.717) is 38.5 Å². The van der Waals surface area contributed by atoms with Gasteiger partial charge >= 0.3 is 5.97 Å². The summed E-state index contributed by atoms with van der Waals surface area (Å²) in [5, 5.41) is 55.9. The molecule has 0 aromatic rings. The van der Waals surface area contributed by atoms with Gasteiger partial charge in [0.2, 0.25) is 0 Å². The zero-order chi connectivity index (χ0) is 21.5. The van der Waals surface area contributed by atoms with Crippen molar-refractivity contribution in [3.63, 3.8) is 0 Å². The highest BCUT2D eigenvalue weighted by Crippen LogP contribution is 2.70. The van der Waals surface area contributed by atoms with Crippen molar-refractivity contribution >= 4 is 5.97 Å². The van der Waals surface area contributed by atoms with E-state index in [1.807, 2.05) is 6.92 Å². The number of rotatable bonds is 2. The van der Waals surface area contributed by atoms with Crippen molar-refractivity contribution in [2.24, 2.45) is 28.6 Å². The summed E-state index contributed by atoms with van der Waals surface area (Å²) in [7, 11) is 0. The van der Waals surface area contributed by atoms with E-state index in [2.05, 4.69) is 0 Å². The number of esters is 1. The highest BCUT2D eigenvalue weighted by atomic mass is 16.5. The van der Waals surface area contributed by atoms with Crippen LogP contribution in [0.5, 0.6) is 0 Å². The van der Waals surface area contributed by atoms with Gasteiger partial charge in [-0.1, -0.05) is 6.92 Å². The Morgan fingerprint density at radius 3 is 2.53 bits per heavy atom. The maximum absolute atomic E-state index is 12.1. The van der Waals surface area contributed by atoms with Crippen LogP contribution in [0.1, 0.15) is 58.3 Å².